The van der Waals surface area contributed by atoms with Gasteiger partial charge in [-0.25, -0.2) is 0 Å². The van der Waals surface area contributed by atoms with Gasteiger partial charge in [-0.05, 0) is 65.0 Å². The number of benzene rings is 5. The Kier molecular flexibility index (Phi) is 5.91. The summed E-state index contributed by atoms with van der Waals surface area (Å²) < 4.78 is 12.3. The Morgan fingerprint density at radius 1 is 0.767 bits per heavy atom. The number of fused-ring (bicyclic) bond motifs is 5. The zero-order valence-corrected chi connectivity index (χ0v) is 23.5. The van der Waals surface area contributed by atoms with E-state index in [4.69, 9.17) is 14.6 Å². The molecule has 0 unspecified atom stereocenters. The third-order valence-electron chi connectivity index (χ3n) is 8.26. The standard InChI is InChI=1S/C38H29N3O2/c1-2-29-32-21-27(14-16-35(32)42-37(29)23-39)41(28-15-17-36-33(22-28)31-13-8-18-40-38(31)43-36)34-20-26(24-9-4-3-5-10-24)19-25-11-6-7-12-30(25)34/h2-17,19-22,40H,1,18,23,39H2. The van der Waals surface area contributed by atoms with E-state index in [2.05, 4.69) is 126 Å². The van der Waals surface area contributed by atoms with Crippen molar-refractivity contribution in [3.63, 3.8) is 0 Å². The van der Waals surface area contributed by atoms with Gasteiger partial charge in [-0.15, -0.1) is 0 Å². The monoisotopic (exact) mass is 559 g/mol. The molecule has 0 saturated heterocycles. The molecule has 8 rings (SSSR count). The van der Waals surface area contributed by atoms with Crippen LogP contribution in [0.5, 0.6) is 0 Å². The Bertz CT molecular complexity index is 2200. The van der Waals surface area contributed by atoms with Crippen LogP contribution in [0, 0.1) is 0 Å². The summed E-state index contributed by atoms with van der Waals surface area (Å²) >= 11 is 0. The lowest BCUT2D eigenvalue weighted by molar-refractivity contribution is 0.551. The minimum Gasteiger partial charge on any atom is -0.459 e. The normalized spacial score (nSPS) is 12.5. The fraction of sp³-hybridized carbons (Fsp3) is 0.0526. The topological polar surface area (TPSA) is 67.6 Å². The van der Waals surface area contributed by atoms with Crippen molar-refractivity contribution in [2.75, 3.05) is 16.8 Å². The van der Waals surface area contributed by atoms with Crippen LogP contribution in [0.4, 0.5) is 22.9 Å². The number of hydrogen-bond donors (Lipinski definition) is 2. The second kappa shape index (κ2) is 10.1. The van der Waals surface area contributed by atoms with Gasteiger partial charge in [0.25, 0.3) is 0 Å². The van der Waals surface area contributed by atoms with Gasteiger partial charge in [0.2, 0.25) is 5.88 Å². The summed E-state index contributed by atoms with van der Waals surface area (Å²) in [6, 6.07) is 36.4. The maximum absolute atomic E-state index is 6.17. The van der Waals surface area contributed by atoms with E-state index >= 15 is 0 Å². The van der Waals surface area contributed by atoms with Crippen molar-refractivity contribution in [1.82, 2.24) is 0 Å². The number of nitrogens with two attached hydrogens (primary N) is 1. The molecule has 1 aliphatic heterocycles. The summed E-state index contributed by atoms with van der Waals surface area (Å²) in [5, 5.41) is 7.72. The molecule has 1 aliphatic rings. The van der Waals surface area contributed by atoms with Crippen molar-refractivity contribution in [2.45, 2.75) is 6.54 Å². The van der Waals surface area contributed by atoms with Crippen LogP contribution < -0.4 is 16.0 Å². The number of nitrogens with one attached hydrogen (secondary N) is 1. The van der Waals surface area contributed by atoms with E-state index in [0.717, 1.165) is 84.8 Å². The van der Waals surface area contributed by atoms with Crippen molar-refractivity contribution in [3.8, 4) is 11.1 Å². The molecule has 0 aliphatic carbocycles. The lowest BCUT2D eigenvalue weighted by atomic mass is 9.98. The minimum absolute atomic E-state index is 0.308. The van der Waals surface area contributed by atoms with Crippen molar-refractivity contribution in [2.24, 2.45) is 5.73 Å². The molecule has 0 amide bonds. The predicted octanol–water partition coefficient (Wildman–Crippen LogP) is 10.0. The van der Waals surface area contributed by atoms with Crippen LogP contribution in [0.3, 0.4) is 0 Å². The van der Waals surface area contributed by atoms with Crippen LogP contribution in [0.15, 0.2) is 125 Å². The Hall–Kier alpha value is -5.52. The molecule has 2 aromatic heterocycles. The SMILES string of the molecule is C=Cc1c(CN)oc2ccc(N(c3ccc4oc5c(c4c3)C=CCN5)c3cc(-c4ccccc4)cc4ccccc34)cc12. The van der Waals surface area contributed by atoms with Crippen molar-refractivity contribution in [1.29, 1.82) is 0 Å². The lowest BCUT2D eigenvalue weighted by Gasteiger charge is -2.28. The molecule has 0 atom stereocenters. The first-order chi connectivity index (χ1) is 21.2. The van der Waals surface area contributed by atoms with Gasteiger partial charge < -0.3 is 24.8 Å². The fourth-order valence-electron chi connectivity index (χ4n) is 6.24. The predicted molar refractivity (Wildman–Crippen MR) is 179 cm³/mol. The average Bonchev–Trinajstić information content (AvgIpc) is 3.62. The molecule has 208 valence electrons. The van der Waals surface area contributed by atoms with Gasteiger partial charge in [0, 0.05) is 45.2 Å². The Labute approximate surface area is 249 Å². The Morgan fingerprint density at radius 3 is 2.30 bits per heavy atom. The lowest BCUT2D eigenvalue weighted by Crippen LogP contribution is -2.11. The first-order valence-corrected chi connectivity index (χ1v) is 14.4. The van der Waals surface area contributed by atoms with Gasteiger partial charge in [-0.2, -0.15) is 0 Å². The van der Waals surface area contributed by atoms with Gasteiger partial charge >= 0.3 is 0 Å². The number of anilines is 4. The maximum Gasteiger partial charge on any atom is 0.201 e. The van der Waals surface area contributed by atoms with E-state index in [1.165, 1.54) is 5.39 Å². The highest BCUT2D eigenvalue weighted by molar-refractivity contribution is 6.04. The maximum atomic E-state index is 6.17. The van der Waals surface area contributed by atoms with E-state index in [-0.39, 0.29) is 0 Å². The first-order valence-electron chi connectivity index (χ1n) is 14.4. The van der Waals surface area contributed by atoms with Gasteiger partial charge in [0.15, 0.2) is 0 Å². The Morgan fingerprint density at radius 2 is 1.51 bits per heavy atom. The largest absolute Gasteiger partial charge is 0.459 e. The van der Waals surface area contributed by atoms with Crippen LogP contribution in [0.2, 0.25) is 0 Å². The summed E-state index contributed by atoms with van der Waals surface area (Å²) in [6.45, 7) is 5.12. The summed E-state index contributed by atoms with van der Waals surface area (Å²) in [6.07, 6.45) is 6.09. The highest BCUT2D eigenvalue weighted by atomic mass is 16.4. The van der Waals surface area contributed by atoms with Crippen molar-refractivity contribution in [3.05, 3.63) is 133 Å². The molecule has 5 nitrogen and oxygen atoms in total. The molecular weight excluding hydrogens is 530 g/mol. The van der Waals surface area contributed by atoms with E-state index in [1.54, 1.807) is 0 Å². The zero-order valence-electron chi connectivity index (χ0n) is 23.5. The molecule has 0 fully saturated rings. The van der Waals surface area contributed by atoms with Gasteiger partial charge in [-0.3, -0.25) is 0 Å². The summed E-state index contributed by atoms with van der Waals surface area (Å²) in [5.74, 6) is 1.54. The third kappa shape index (κ3) is 4.13. The molecule has 5 heteroatoms. The van der Waals surface area contributed by atoms with Gasteiger partial charge in [-0.1, -0.05) is 79.4 Å². The van der Waals surface area contributed by atoms with Crippen LogP contribution in [-0.2, 0) is 6.54 Å². The van der Waals surface area contributed by atoms with Crippen LogP contribution >= 0.6 is 0 Å². The van der Waals surface area contributed by atoms with Crippen molar-refractivity contribution < 1.29 is 8.83 Å². The highest BCUT2D eigenvalue weighted by Crippen LogP contribution is 2.45. The number of hydrogen-bond acceptors (Lipinski definition) is 5. The van der Waals surface area contributed by atoms with Crippen molar-refractivity contribution >= 4 is 67.8 Å². The summed E-state index contributed by atoms with van der Waals surface area (Å²) in [5.41, 5.74) is 15.1. The van der Waals surface area contributed by atoms with Crippen LogP contribution in [0.1, 0.15) is 16.9 Å². The Balaban J connectivity index is 1.43. The quantitative estimate of drug-likeness (QED) is 0.212. The smallest absolute Gasteiger partial charge is 0.201 e. The van der Waals surface area contributed by atoms with E-state index in [0.29, 0.717) is 6.54 Å². The molecule has 0 spiro atoms. The molecule has 3 N–H and O–H groups in total. The summed E-state index contributed by atoms with van der Waals surface area (Å²) in [7, 11) is 0. The van der Waals surface area contributed by atoms with Gasteiger partial charge in [0.1, 0.15) is 16.9 Å². The molecule has 43 heavy (non-hydrogen) atoms. The second-order valence-corrected chi connectivity index (χ2v) is 10.8. The highest BCUT2D eigenvalue weighted by Gasteiger charge is 2.22. The zero-order chi connectivity index (χ0) is 28.9. The third-order valence-corrected chi connectivity index (χ3v) is 8.26. The van der Waals surface area contributed by atoms with E-state index in [9.17, 15) is 0 Å². The molecule has 3 heterocycles. The number of nitrogens with zero attached hydrogens (tertiary/aromatic N) is 1. The average molecular weight is 560 g/mol. The van der Waals surface area contributed by atoms with E-state index < -0.39 is 0 Å². The molecular formula is C38H29N3O2. The van der Waals surface area contributed by atoms with E-state index in [1.807, 2.05) is 12.1 Å². The molecule has 5 aromatic carbocycles. The second-order valence-electron chi connectivity index (χ2n) is 10.8. The number of furan rings is 2. The van der Waals surface area contributed by atoms with Gasteiger partial charge in [0.05, 0.1) is 12.2 Å². The molecule has 0 saturated carbocycles. The molecule has 7 aromatic rings. The summed E-state index contributed by atoms with van der Waals surface area (Å²) in [4.78, 5) is 2.33. The van der Waals surface area contributed by atoms with Crippen LogP contribution in [-0.4, -0.2) is 6.54 Å². The van der Waals surface area contributed by atoms with Crippen LogP contribution in [0.25, 0.3) is 56.0 Å². The number of rotatable bonds is 6. The first kappa shape index (κ1) is 25.2. The molecule has 0 radical (unpaired) electrons. The molecule has 0 bridgehead atoms. The minimum atomic E-state index is 0.308. The fourth-order valence-corrected chi connectivity index (χ4v) is 6.24.